The topological polar surface area (TPSA) is 62.7 Å². The van der Waals surface area contributed by atoms with Crippen LogP contribution in [0.5, 0.6) is 0 Å². The molecule has 1 amide bonds. The van der Waals surface area contributed by atoms with E-state index in [-0.39, 0.29) is 11.9 Å². The Hall–Kier alpha value is -1.92. The molecule has 0 bridgehead atoms. The molecule has 1 atom stereocenters. The first-order valence-corrected chi connectivity index (χ1v) is 8.54. The molecule has 0 saturated heterocycles. The highest BCUT2D eigenvalue weighted by Crippen LogP contribution is 2.22. The van der Waals surface area contributed by atoms with Crippen LogP contribution in [0.1, 0.15) is 42.5 Å². The van der Waals surface area contributed by atoms with Gasteiger partial charge >= 0.3 is 0 Å². The number of H-pyrrole nitrogens is 1. The summed E-state index contributed by atoms with van der Waals surface area (Å²) in [6.45, 7) is 8.46. The Labute approximate surface area is 151 Å². The third kappa shape index (κ3) is 4.33. The third-order valence-electron chi connectivity index (χ3n) is 3.54. The maximum absolute atomic E-state index is 12.6. The van der Waals surface area contributed by atoms with Gasteiger partial charge in [-0.2, -0.15) is 5.10 Å². The van der Waals surface area contributed by atoms with E-state index in [4.69, 9.17) is 23.8 Å². The van der Waals surface area contributed by atoms with E-state index in [2.05, 4.69) is 35.9 Å². The Morgan fingerprint density at radius 2 is 2.21 bits per heavy atom. The summed E-state index contributed by atoms with van der Waals surface area (Å²) >= 11 is 11.4. The van der Waals surface area contributed by atoms with Gasteiger partial charge in [0.25, 0.3) is 5.91 Å². The molecule has 7 heteroatoms. The molecule has 0 radical (unpaired) electrons. The molecule has 1 aromatic heterocycles. The lowest BCUT2D eigenvalue weighted by molar-refractivity contribution is 0.0929. The molecule has 2 N–H and O–H groups in total. The van der Waals surface area contributed by atoms with E-state index in [9.17, 15) is 4.79 Å². The lowest BCUT2D eigenvalue weighted by Gasteiger charge is -2.21. The van der Waals surface area contributed by atoms with Crippen LogP contribution in [-0.2, 0) is 6.54 Å². The van der Waals surface area contributed by atoms with Crippen LogP contribution in [0.4, 0.5) is 0 Å². The molecule has 0 aliphatic rings. The number of hydrogen-bond donors (Lipinski definition) is 2. The van der Waals surface area contributed by atoms with Crippen molar-refractivity contribution in [3.05, 3.63) is 58.1 Å². The fourth-order valence-electron chi connectivity index (χ4n) is 2.48. The number of carbonyl (C=O) groups excluding carboxylic acids is 1. The van der Waals surface area contributed by atoms with Gasteiger partial charge in [0.05, 0.1) is 16.6 Å². The summed E-state index contributed by atoms with van der Waals surface area (Å²) in [7, 11) is 0. The molecule has 0 fully saturated rings. The largest absolute Gasteiger partial charge is 0.342 e. The Kier molecular flexibility index (Phi) is 6.34. The predicted molar refractivity (Wildman–Crippen MR) is 98.7 cm³/mol. The average molecular weight is 365 g/mol. The number of aromatic nitrogens is 3. The molecule has 0 saturated carbocycles. The first kappa shape index (κ1) is 18.4. The van der Waals surface area contributed by atoms with Crippen LogP contribution in [-0.4, -0.2) is 20.7 Å². The van der Waals surface area contributed by atoms with E-state index >= 15 is 0 Å². The minimum Gasteiger partial charge on any atom is -0.342 e. The van der Waals surface area contributed by atoms with Crippen molar-refractivity contribution in [2.24, 2.45) is 5.92 Å². The monoisotopic (exact) mass is 364 g/mol. The fraction of sp³-hybridized carbons (Fsp3) is 0.353. The molecule has 128 valence electrons. The Morgan fingerprint density at radius 1 is 1.50 bits per heavy atom. The number of aromatic amines is 1. The first-order chi connectivity index (χ1) is 11.4. The number of rotatable bonds is 7. The van der Waals surface area contributed by atoms with Crippen molar-refractivity contribution in [1.29, 1.82) is 0 Å². The zero-order valence-corrected chi connectivity index (χ0v) is 15.3. The van der Waals surface area contributed by atoms with Crippen LogP contribution in [0.15, 0.2) is 36.9 Å². The lowest BCUT2D eigenvalue weighted by atomic mass is 10.0. The Morgan fingerprint density at radius 3 is 2.83 bits per heavy atom. The molecule has 2 aromatic rings. The minimum absolute atomic E-state index is 0.231. The summed E-state index contributed by atoms with van der Waals surface area (Å²) in [6, 6.07) is 6.69. The zero-order valence-electron chi connectivity index (χ0n) is 13.8. The maximum atomic E-state index is 12.6. The average Bonchev–Trinajstić information content (AvgIpc) is 2.88. The van der Waals surface area contributed by atoms with Gasteiger partial charge in [0.2, 0.25) is 0 Å². The molecule has 0 unspecified atom stereocenters. The molecule has 0 spiro atoms. The van der Waals surface area contributed by atoms with E-state index in [0.717, 1.165) is 6.42 Å². The number of halogens is 1. The molecular formula is C17H21ClN4OS. The van der Waals surface area contributed by atoms with E-state index in [0.29, 0.717) is 33.6 Å². The molecular weight excluding hydrogens is 344 g/mol. The number of carbonyl (C=O) groups is 1. The molecule has 0 aliphatic carbocycles. The second kappa shape index (κ2) is 8.26. The van der Waals surface area contributed by atoms with Gasteiger partial charge in [-0.3, -0.25) is 14.5 Å². The number of nitrogens with zero attached hydrogens (tertiary/aromatic N) is 2. The Balaban J connectivity index is 2.33. The van der Waals surface area contributed by atoms with Crippen molar-refractivity contribution in [2.45, 2.75) is 32.9 Å². The molecule has 24 heavy (non-hydrogen) atoms. The van der Waals surface area contributed by atoms with Crippen molar-refractivity contribution >= 4 is 29.7 Å². The van der Waals surface area contributed by atoms with Crippen LogP contribution in [0.2, 0.25) is 5.02 Å². The number of amides is 1. The summed E-state index contributed by atoms with van der Waals surface area (Å²) < 4.78 is 2.34. The highest BCUT2D eigenvalue weighted by atomic mass is 35.5. The van der Waals surface area contributed by atoms with Gasteiger partial charge in [-0.1, -0.05) is 43.7 Å². The van der Waals surface area contributed by atoms with E-state index in [1.807, 2.05) is 4.57 Å². The number of allylic oxidation sites excluding steroid dienone is 1. The van der Waals surface area contributed by atoms with Gasteiger partial charge in [0, 0.05) is 6.54 Å². The van der Waals surface area contributed by atoms with Crippen molar-refractivity contribution in [3.63, 3.8) is 0 Å². The second-order valence-corrected chi connectivity index (χ2v) is 6.72. The van der Waals surface area contributed by atoms with Crippen LogP contribution in [0.25, 0.3) is 0 Å². The summed E-state index contributed by atoms with van der Waals surface area (Å²) in [6.07, 6.45) is 2.48. The third-order valence-corrected chi connectivity index (χ3v) is 4.18. The van der Waals surface area contributed by atoms with Gasteiger partial charge in [0.15, 0.2) is 10.6 Å². The van der Waals surface area contributed by atoms with Crippen molar-refractivity contribution in [1.82, 2.24) is 20.1 Å². The van der Waals surface area contributed by atoms with Crippen LogP contribution < -0.4 is 5.32 Å². The summed E-state index contributed by atoms with van der Waals surface area (Å²) in [4.78, 5) is 12.6. The molecule has 1 heterocycles. The fourth-order valence-corrected chi connectivity index (χ4v) is 2.92. The number of benzene rings is 1. The van der Waals surface area contributed by atoms with Gasteiger partial charge in [0.1, 0.15) is 0 Å². The number of hydrogen-bond acceptors (Lipinski definition) is 3. The normalized spacial score (nSPS) is 12.2. The van der Waals surface area contributed by atoms with Crippen molar-refractivity contribution < 1.29 is 4.79 Å². The number of nitrogens with one attached hydrogen (secondary N) is 2. The van der Waals surface area contributed by atoms with Gasteiger partial charge in [-0.15, -0.1) is 6.58 Å². The van der Waals surface area contributed by atoms with E-state index in [1.54, 1.807) is 30.3 Å². The second-order valence-electron chi connectivity index (χ2n) is 5.92. The molecule has 2 rings (SSSR count). The smallest absolute Gasteiger partial charge is 0.253 e. The highest BCUT2D eigenvalue weighted by molar-refractivity contribution is 7.71. The Bertz CT molecular complexity index is 781. The van der Waals surface area contributed by atoms with Crippen LogP contribution in [0, 0.1) is 10.7 Å². The minimum atomic E-state index is -0.276. The van der Waals surface area contributed by atoms with Gasteiger partial charge < -0.3 is 5.32 Å². The van der Waals surface area contributed by atoms with Crippen molar-refractivity contribution in [3.8, 4) is 0 Å². The van der Waals surface area contributed by atoms with E-state index in [1.165, 1.54) is 0 Å². The first-order valence-electron chi connectivity index (χ1n) is 7.75. The molecule has 1 aromatic carbocycles. The molecule has 5 nitrogen and oxygen atoms in total. The quantitative estimate of drug-likeness (QED) is 0.568. The summed E-state index contributed by atoms with van der Waals surface area (Å²) in [5, 5.41) is 10.5. The molecule has 0 aliphatic heterocycles. The van der Waals surface area contributed by atoms with Crippen LogP contribution in [0.3, 0.4) is 0 Å². The van der Waals surface area contributed by atoms with Gasteiger partial charge in [-0.05, 0) is 36.7 Å². The van der Waals surface area contributed by atoms with E-state index < -0.39 is 0 Å². The zero-order chi connectivity index (χ0) is 17.7. The standard InChI is InChI=1S/C17H21ClN4OS/c1-4-9-22-15(20-21-17(22)24)14(10-11(2)3)19-16(23)12-7-5-6-8-13(12)18/h4-8,11,14H,1,9-10H2,2-3H3,(H,19,23)(H,21,24)/t14-/m0/s1. The summed E-state index contributed by atoms with van der Waals surface area (Å²) in [5.41, 5.74) is 0.442. The highest BCUT2D eigenvalue weighted by Gasteiger charge is 2.23. The maximum Gasteiger partial charge on any atom is 0.253 e. The van der Waals surface area contributed by atoms with Crippen LogP contribution >= 0.6 is 23.8 Å². The lowest BCUT2D eigenvalue weighted by Crippen LogP contribution is -2.31. The predicted octanol–water partition coefficient (Wildman–Crippen LogP) is 4.30. The van der Waals surface area contributed by atoms with Gasteiger partial charge in [-0.25, -0.2) is 0 Å². The SMILES string of the molecule is C=CCn1c([C@H](CC(C)C)NC(=O)c2ccccc2Cl)n[nH]c1=S. The van der Waals surface area contributed by atoms with Crippen molar-refractivity contribution in [2.75, 3.05) is 0 Å². The summed E-state index contributed by atoms with van der Waals surface area (Å²) in [5.74, 6) is 0.823.